The summed E-state index contributed by atoms with van der Waals surface area (Å²) in [6.45, 7) is 7.06. The summed E-state index contributed by atoms with van der Waals surface area (Å²) in [5.41, 5.74) is 6.26. The lowest BCUT2D eigenvalue weighted by atomic mass is 9.90. The number of hydrogen-bond acceptors (Lipinski definition) is 4. The van der Waals surface area contributed by atoms with Crippen LogP contribution in [0.5, 0.6) is 5.75 Å². The minimum atomic E-state index is 0.684. The molecule has 4 aliphatic rings. The molecule has 1 saturated carbocycles. The van der Waals surface area contributed by atoms with Gasteiger partial charge in [-0.25, -0.2) is 0 Å². The molecule has 4 heteroatoms. The molecule has 2 fully saturated rings. The van der Waals surface area contributed by atoms with E-state index in [-0.39, 0.29) is 0 Å². The van der Waals surface area contributed by atoms with Crippen LogP contribution in [0.1, 0.15) is 41.9 Å². The average Bonchev–Trinajstić information content (AvgIpc) is 3.35. The lowest BCUT2D eigenvalue weighted by Gasteiger charge is -2.36. The van der Waals surface area contributed by atoms with Crippen molar-refractivity contribution in [2.75, 3.05) is 50.9 Å². The van der Waals surface area contributed by atoms with Gasteiger partial charge in [-0.3, -0.25) is 0 Å². The number of fused-ring (bicyclic) bond motifs is 2. The fourth-order valence-corrected chi connectivity index (χ4v) is 4.69. The molecule has 5 rings (SSSR count). The molecule has 130 valence electrons. The molecule has 0 bridgehead atoms. The van der Waals surface area contributed by atoms with Crippen molar-refractivity contribution in [3.8, 4) is 5.75 Å². The lowest BCUT2D eigenvalue weighted by Crippen LogP contribution is -2.37. The van der Waals surface area contributed by atoms with Crippen molar-refractivity contribution in [2.24, 2.45) is 5.92 Å². The van der Waals surface area contributed by atoms with E-state index in [0.717, 1.165) is 64.1 Å². The van der Waals surface area contributed by atoms with Crippen LogP contribution in [-0.2, 0) is 17.6 Å². The number of nitrogens with one attached hydrogen (secondary N) is 1. The number of nitrogens with zero attached hydrogens (tertiary/aromatic N) is 1. The Balaban J connectivity index is 1.57. The predicted molar refractivity (Wildman–Crippen MR) is 95.3 cm³/mol. The van der Waals surface area contributed by atoms with Crippen molar-refractivity contribution in [1.82, 2.24) is 5.32 Å². The molecule has 3 aliphatic heterocycles. The zero-order valence-corrected chi connectivity index (χ0v) is 14.5. The van der Waals surface area contributed by atoms with Crippen LogP contribution < -0.4 is 15.0 Å². The highest BCUT2D eigenvalue weighted by Crippen LogP contribution is 2.51. The molecule has 3 heterocycles. The van der Waals surface area contributed by atoms with Gasteiger partial charge < -0.3 is 19.7 Å². The Morgan fingerprint density at radius 1 is 1.12 bits per heavy atom. The van der Waals surface area contributed by atoms with Gasteiger partial charge in [0.1, 0.15) is 12.4 Å². The van der Waals surface area contributed by atoms with Gasteiger partial charge in [-0.2, -0.15) is 0 Å². The minimum absolute atomic E-state index is 0.684. The topological polar surface area (TPSA) is 33.7 Å². The number of ether oxygens (including phenoxy) is 2. The first-order valence-electron chi connectivity index (χ1n) is 9.75. The maximum absolute atomic E-state index is 6.15. The molecule has 1 N–H and O–H groups in total. The molecule has 1 atom stereocenters. The number of rotatable bonds is 3. The van der Waals surface area contributed by atoms with Gasteiger partial charge in [-0.1, -0.05) is 0 Å². The van der Waals surface area contributed by atoms with Gasteiger partial charge in [0.05, 0.1) is 18.8 Å². The molecule has 0 radical (unpaired) electrons. The van der Waals surface area contributed by atoms with Crippen molar-refractivity contribution in [3.05, 3.63) is 22.8 Å². The van der Waals surface area contributed by atoms with E-state index in [2.05, 4.69) is 16.3 Å². The second kappa shape index (κ2) is 6.23. The lowest BCUT2D eigenvalue weighted by molar-refractivity contribution is 0.186. The third kappa shape index (κ3) is 2.70. The van der Waals surface area contributed by atoms with Crippen LogP contribution in [0.15, 0.2) is 6.07 Å². The number of anilines is 1. The molecule has 1 aliphatic carbocycles. The van der Waals surface area contributed by atoms with E-state index in [1.54, 1.807) is 11.1 Å². The van der Waals surface area contributed by atoms with Crippen molar-refractivity contribution in [1.29, 1.82) is 0 Å². The molecular formula is C20H28N2O2. The summed E-state index contributed by atoms with van der Waals surface area (Å²) in [6.07, 6.45) is 6.24. The SMILES string of the molecule is c1c2c(c(C3CC3)c3c1OCCN3C[C@@H]1CCOC1)CCNCC2. The minimum Gasteiger partial charge on any atom is -0.490 e. The molecule has 1 aromatic carbocycles. The van der Waals surface area contributed by atoms with Crippen LogP contribution in [0, 0.1) is 5.92 Å². The standard InChI is InChI=1S/C20H28N2O2/c1-2-15(1)19-17-4-7-21-6-3-16(17)11-18-20(19)22(8-10-24-18)12-14-5-9-23-13-14/h11,14-15,21H,1-10,12-13H2/t14-/m0/s1. The van der Waals surface area contributed by atoms with Gasteiger partial charge in [0.2, 0.25) is 0 Å². The summed E-state index contributed by atoms with van der Waals surface area (Å²) in [5, 5.41) is 3.57. The highest BCUT2D eigenvalue weighted by Gasteiger charge is 2.36. The van der Waals surface area contributed by atoms with Crippen LogP contribution in [0.25, 0.3) is 0 Å². The van der Waals surface area contributed by atoms with Crippen molar-refractivity contribution in [2.45, 2.75) is 38.0 Å². The summed E-state index contributed by atoms with van der Waals surface area (Å²) in [4.78, 5) is 2.63. The Bertz CT molecular complexity index is 621. The van der Waals surface area contributed by atoms with Crippen LogP contribution >= 0.6 is 0 Å². The van der Waals surface area contributed by atoms with Crippen LogP contribution in [-0.4, -0.2) is 46.0 Å². The van der Waals surface area contributed by atoms with Crippen molar-refractivity contribution < 1.29 is 9.47 Å². The van der Waals surface area contributed by atoms with Gasteiger partial charge in [0, 0.05) is 19.1 Å². The van der Waals surface area contributed by atoms with Gasteiger partial charge >= 0.3 is 0 Å². The van der Waals surface area contributed by atoms with E-state index in [9.17, 15) is 0 Å². The maximum Gasteiger partial charge on any atom is 0.143 e. The van der Waals surface area contributed by atoms with Crippen molar-refractivity contribution >= 4 is 5.69 Å². The third-order valence-corrected chi connectivity index (χ3v) is 6.05. The molecule has 1 aromatic rings. The molecule has 0 spiro atoms. The normalized spacial score (nSPS) is 26.5. The van der Waals surface area contributed by atoms with Crippen molar-refractivity contribution in [3.63, 3.8) is 0 Å². The van der Waals surface area contributed by atoms with Gasteiger partial charge in [-0.05, 0) is 73.9 Å². The summed E-state index contributed by atoms with van der Waals surface area (Å²) >= 11 is 0. The summed E-state index contributed by atoms with van der Waals surface area (Å²) in [5.74, 6) is 2.61. The summed E-state index contributed by atoms with van der Waals surface area (Å²) in [7, 11) is 0. The van der Waals surface area contributed by atoms with E-state index >= 15 is 0 Å². The van der Waals surface area contributed by atoms with Crippen LogP contribution in [0.2, 0.25) is 0 Å². The van der Waals surface area contributed by atoms with E-state index in [0.29, 0.717) is 5.92 Å². The number of hydrogen-bond donors (Lipinski definition) is 1. The predicted octanol–water partition coefficient (Wildman–Crippen LogP) is 2.49. The highest BCUT2D eigenvalue weighted by atomic mass is 16.5. The average molecular weight is 328 g/mol. The monoisotopic (exact) mass is 328 g/mol. The van der Waals surface area contributed by atoms with E-state index < -0.39 is 0 Å². The number of benzene rings is 1. The zero-order chi connectivity index (χ0) is 15.9. The Hall–Kier alpha value is -1.26. The van der Waals surface area contributed by atoms with Gasteiger partial charge in [0.25, 0.3) is 0 Å². The maximum atomic E-state index is 6.15. The van der Waals surface area contributed by atoms with E-state index in [4.69, 9.17) is 9.47 Å². The van der Waals surface area contributed by atoms with Gasteiger partial charge in [0.15, 0.2) is 0 Å². The zero-order valence-electron chi connectivity index (χ0n) is 14.5. The summed E-state index contributed by atoms with van der Waals surface area (Å²) in [6, 6.07) is 2.36. The quantitative estimate of drug-likeness (QED) is 0.924. The Morgan fingerprint density at radius 2 is 2.04 bits per heavy atom. The summed E-state index contributed by atoms with van der Waals surface area (Å²) < 4.78 is 11.8. The molecule has 4 nitrogen and oxygen atoms in total. The molecule has 24 heavy (non-hydrogen) atoms. The second-order valence-corrected chi connectivity index (χ2v) is 7.82. The molecule has 1 saturated heterocycles. The fourth-order valence-electron chi connectivity index (χ4n) is 4.69. The Kier molecular flexibility index (Phi) is 3.90. The first kappa shape index (κ1) is 15.0. The molecular weight excluding hydrogens is 300 g/mol. The molecule has 0 amide bonds. The third-order valence-electron chi connectivity index (χ3n) is 6.05. The Morgan fingerprint density at radius 3 is 2.88 bits per heavy atom. The molecule has 0 aromatic heterocycles. The van der Waals surface area contributed by atoms with Gasteiger partial charge in [-0.15, -0.1) is 0 Å². The Labute approximate surface area is 144 Å². The molecule has 0 unspecified atom stereocenters. The first-order chi connectivity index (χ1) is 11.9. The smallest absolute Gasteiger partial charge is 0.143 e. The van der Waals surface area contributed by atoms with Crippen LogP contribution in [0.3, 0.4) is 0 Å². The van der Waals surface area contributed by atoms with E-state index in [1.807, 2.05) is 0 Å². The fraction of sp³-hybridized carbons (Fsp3) is 0.700. The highest BCUT2D eigenvalue weighted by molar-refractivity contribution is 5.71. The van der Waals surface area contributed by atoms with E-state index in [1.165, 1.54) is 36.9 Å². The van der Waals surface area contributed by atoms with Crippen LogP contribution in [0.4, 0.5) is 5.69 Å². The first-order valence-corrected chi connectivity index (χ1v) is 9.75. The largest absolute Gasteiger partial charge is 0.490 e. The second-order valence-electron chi connectivity index (χ2n) is 7.82.